The van der Waals surface area contributed by atoms with E-state index in [0.29, 0.717) is 46.6 Å². The van der Waals surface area contributed by atoms with Crippen molar-refractivity contribution >= 4 is 28.5 Å². The number of pyridine rings is 1. The second-order valence-corrected chi connectivity index (χ2v) is 10.9. The van der Waals surface area contributed by atoms with Gasteiger partial charge in [-0.1, -0.05) is 45.4 Å². The lowest BCUT2D eigenvalue weighted by Crippen LogP contribution is -2.45. The second kappa shape index (κ2) is 12.2. The van der Waals surface area contributed by atoms with Crippen molar-refractivity contribution in [2.75, 3.05) is 11.9 Å². The Balaban J connectivity index is 2.24. The molecule has 0 aliphatic heterocycles. The number of nitrogens with one attached hydrogen (secondary N) is 1. The number of fused-ring (bicyclic) bond motifs is 1. The first-order valence-electron chi connectivity index (χ1n) is 13.1. The number of benzene rings is 2. The minimum Gasteiger partial charge on any atom is -0.491 e. The van der Waals surface area contributed by atoms with E-state index in [9.17, 15) is 19.5 Å². The lowest BCUT2D eigenvalue weighted by atomic mass is 10.0. The summed E-state index contributed by atoms with van der Waals surface area (Å²) in [7, 11) is 0. The Morgan fingerprint density at radius 1 is 1.08 bits per heavy atom. The number of carbonyl (C=O) groups is 2. The molecule has 0 saturated carbocycles. The molecule has 1 heterocycles. The van der Waals surface area contributed by atoms with Crippen LogP contribution in [-0.4, -0.2) is 38.7 Å². The van der Waals surface area contributed by atoms with Gasteiger partial charge in [0.15, 0.2) is 0 Å². The normalized spacial score (nSPS) is 11.6. The first-order valence-corrected chi connectivity index (χ1v) is 13.1. The van der Waals surface area contributed by atoms with Crippen LogP contribution in [-0.2, 0) is 13.1 Å². The van der Waals surface area contributed by atoms with Crippen LogP contribution in [0.4, 0.5) is 10.5 Å². The molecule has 0 aliphatic carbocycles. The van der Waals surface area contributed by atoms with Crippen LogP contribution in [0.15, 0.2) is 53.3 Å². The maximum atomic E-state index is 13.8. The van der Waals surface area contributed by atoms with Gasteiger partial charge in [-0.3, -0.25) is 14.5 Å². The number of hydrogen-bond acceptors (Lipinski definition) is 4. The van der Waals surface area contributed by atoms with Gasteiger partial charge in [0.2, 0.25) is 0 Å². The van der Waals surface area contributed by atoms with Crippen LogP contribution in [0.1, 0.15) is 70.4 Å². The Hall–Kier alpha value is -3.81. The molecule has 2 amide bonds. The fraction of sp³-hybridized carbons (Fsp3) is 0.433. The fourth-order valence-electron chi connectivity index (χ4n) is 4.27. The molecule has 8 heteroatoms. The van der Waals surface area contributed by atoms with Gasteiger partial charge in [-0.05, 0) is 63.4 Å². The largest absolute Gasteiger partial charge is 0.491 e. The third kappa shape index (κ3) is 6.73. The van der Waals surface area contributed by atoms with Gasteiger partial charge in [0.05, 0.1) is 24.2 Å². The second-order valence-electron chi connectivity index (χ2n) is 10.9. The summed E-state index contributed by atoms with van der Waals surface area (Å²) in [6.45, 7) is 12.4. The molecule has 0 unspecified atom stereocenters. The van der Waals surface area contributed by atoms with Crippen molar-refractivity contribution in [3.63, 3.8) is 0 Å². The molecular weight excluding hydrogens is 482 g/mol. The minimum atomic E-state index is -1.08. The number of amides is 2. The predicted molar refractivity (Wildman–Crippen MR) is 151 cm³/mol. The number of hydrogen-bond donors (Lipinski definition) is 2. The zero-order valence-corrected chi connectivity index (χ0v) is 23.2. The van der Waals surface area contributed by atoms with Crippen molar-refractivity contribution in [2.24, 2.45) is 5.92 Å². The highest BCUT2D eigenvalue weighted by atomic mass is 16.5. The van der Waals surface area contributed by atoms with Gasteiger partial charge < -0.3 is 19.7 Å². The van der Waals surface area contributed by atoms with E-state index in [2.05, 4.69) is 12.2 Å². The number of unbranched alkanes of at least 4 members (excludes halogenated alkanes) is 1. The van der Waals surface area contributed by atoms with Crippen LogP contribution in [0.5, 0.6) is 5.75 Å². The van der Waals surface area contributed by atoms with Crippen LogP contribution in [0.25, 0.3) is 10.8 Å². The molecule has 204 valence electrons. The molecular formula is C30H39N3O5. The highest BCUT2D eigenvalue weighted by Gasteiger charge is 2.30. The Kier molecular flexibility index (Phi) is 9.20. The molecule has 0 atom stereocenters. The third-order valence-corrected chi connectivity index (χ3v) is 6.26. The number of aromatic nitrogens is 1. The molecule has 2 aromatic carbocycles. The van der Waals surface area contributed by atoms with E-state index in [4.69, 9.17) is 4.74 Å². The number of ether oxygens (including phenoxy) is 1. The zero-order valence-electron chi connectivity index (χ0n) is 23.2. The van der Waals surface area contributed by atoms with Gasteiger partial charge in [-0.15, -0.1) is 0 Å². The fourth-order valence-corrected chi connectivity index (χ4v) is 4.27. The van der Waals surface area contributed by atoms with Gasteiger partial charge in [0.25, 0.3) is 11.5 Å². The average Bonchev–Trinajstić information content (AvgIpc) is 2.85. The third-order valence-electron chi connectivity index (χ3n) is 6.26. The highest BCUT2D eigenvalue weighted by molar-refractivity contribution is 6.05. The van der Waals surface area contributed by atoms with E-state index < -0.39 is 11.6 Å². The van der Waals surface area contributed by atoms with E-state index in [1.54, 1.807) is 47.0 Å². The topological polar surface area (TPSA) is 101 Å². The molecule has 2 N–H and O–H groups in total. The summed E-state index contributed by atoms with van der Waals surface area (Å²) >= 11 is 0. The van der Waals surface area contributed by atoms with Gasteiger partial charge in [-0.25, -0.2) is 4.79 Å². The maximum absolute atomic E-state index is 13.8. The number of nitrogens with zero attached hydrogens (tertiary/aromatic N) is 2. The van der Waals surface area contributed by atoms with E-state index >= 15 is 0 Å². The average molecular weight is 522 g/mol. The van der Waals surface area contributed by atoms with E-state index in [1.165, 1.54) is 4.90 Å². The monoisotopic (exact) mass is 521 g/mol. The molecule has 38 heavy (non-hydrogen) atoms. The molecule has 8 nitrogen and oxygen atoms in total. The molecule has 0 radical (unpaired) electrons. The lowest BCUT2D eigenvalue weighted by Gasteiger charge is -2.34. The Bertz CT molecular complexity index is 1340. The van der Waals surface area contributed by atoms with Crippen molar-refractivity contribution in [3.8, 4) is 5.75 Å². The van der Waals surface area contributed by atoms with Gasteiger partial charge in [-0.2, -0.15) is 0 Å². The number of carbonyl (C=O) groups excluding carboxylic acids is 1. The van der Waals surface area contributed by atoms with Crippen molar-refractivity contribution < 1.29 is 19.4 Å². The Morgan fingerprint density at radius 3 is 2.34 bits per heavy atom. The summed E-state index contributed by atoms with van der Waals surface area (Å²) in [4.78, 5) is 40.2. The molecule has 1 aromatic heterocycles. The van der Waals surface area contributed by atoms with Crippen LogP contribution in [0, 0.1) is 5.92 Å². The predicted octanol–water partition coefficient (Wildman–Crippen LogP) is 6.37. The van der Waals surface area contributed by atoms with E-state index in [1.807, 2.05) is 40.7 Å². The van der Waals surface area contributed by atoms with Crippen molar-refractivity contribution in [1.29, 1.82) is 0 Å². The van der Waals surface area contributed by atoms with E-state index in [0.717, 1.165) is 12.8 Å². The van der Waals surface area contributed by atoms with Crippen molar-refractivity contribution in [2.45, 2.75) is 73.0 Å². The standard InChI is InChI=1S/C30H39N3O5/c1-7-8-16-38-26-24-17-22(31-27(34)21-12-10-9-11-13-21)14-15-23(24)28(35)32(18-20(2)3)25(26)19-33(29(36)37)30(4,5)6/h9-15,17,20H,7-8,16,18-19H2,1-6H3,(H,31,34)(H,36,37). The summed E-state index contributed by atoms with van der Waals surface area (Å²) in [6.07, 6.45) is 0.640. The van der Waals surface area contributed by atoms with Gasteiger partial charge in [0.1, 0.15) is 5.75 Å². The summed E-state index contributed by atoms with van der Waals surface area (Å²) < 4.78 is 7.96. The number of carboxylic acid groups (broad SMARTS) is 1. The Morgan fingerprint density at radius 2 is 1.76 bits per heavy atom. The molecule has 3 aromatic rings. The minimum absolute atomic E-state index is 0.0151. The SMILES string of the molecule is CCCCOc1c(CN(C(=O)O)C(C)(C)C)n(CC(C)C)c(=O)c2ccc(NC(=O)c3ccccc3)cc12. The summed E-state index contributed by atoms with van der Waals surface area (Å²) in [5.41, 5.74) is 0.626. The first kappa shape index (κ1) is 28.8. The summed E-state index contributed by atoms with van der Waals surface area (Å²) in [5, 5.41) is 13.9. The molecule has 0 aliphatic rings. The van der Waals surface area contributed by atoms with Crippen LogP contribution in [0.3, 0.4) is 0 Å². The lowest BCUT2D eigenvalue weighted by molar-refractivity contribution is 0.0926. The zero-order chi connectivity index (χ0) is 28.0. The molecule has 3 rings (SSSR count). The molecule has 0 bridgehead atoms. The highest BCUT2D eigenvalue weighted by Crippen LogP contribution is 2.33. The molecule has 0 fully saturated rings. The smallest absolute Gasteiger partial charge is 0.408 e. The molecule has 0 saturated heterocycles. The summed E-state index contributed by atoms with van der Waals surface area (Å²) in [6, 6.07) is 14.0. The van der Waals surface area contributed by atoms with Gasteiger partial charge >= 0.3 is 6.09 Å². The summed E-state index contributed by atoms with van der Waals surface area (Å²) in [5.74, 6) is 0.348. The first-order chi connectivity index (χ1) is 17.9. The van der Waals surface area contributed by atoms with Crippen molar-refractivity contribution in [3.05, 3.63) is 70.1 Å². The number of rotatable bonds is 10. The molecule has 0 spiro atoms. The Labute approximate surface area is 224 Å². The van der Waals surface area contributed by atoms with E-state index in [-0.39, 0.29) is 23.9 Å². The van der Waals surface area contributed by atoms with Crippen LogP contribution in [0.2, 0.25) is 0 Å². The van der Waals surface area contributed by atoms with Crippen LogP contribution < -0.4 is 15.6 Å². The van der Waals surface area contributed by atoms with Crippen molar-refractivity contribution in [1.82, 2.24) is 9.47 Å². The van der Waals surface area contributed by atoms with Gasteiger partial charge in [0, 0.05) is 28.7 Å². The quantitative estimate of drug-likeness (QED) is 0.302. The van der Waals surface area contributed by atoms with Crippen LogP contribution >= 0.6 is 0 Å². The number of anilines is 1. The maximum Gasteiger partial charge on any atom is 0.408 e.